The van der Waals surface area contributed by atoms with Crippen molar-refractivity contribution in [2.45, 2.75) is 43.2 Å². The molecule has 2 heterocycles. The molecule has 7 nitrogen and oxygen atoms in total. The second-order valence-electron chi connectivity index (χ2n) is 7.16. The van der Waals surface area contributed by atoms with Crippen LogP contribution in [0.4, 0.5) is 0 Å². The molecule has 1 aromatic carbocycles. The Kier molecular flexibility index (Phi) is 5.20. The van der Waals surface area contributed by atoms with Crippen LogP contribution < -0.4 is 4.74 Å². The van der Waals surface area contributed by atoms with Gasteiger partial charge in [-0.25, -0.2) is 13.1 Å². The predicted octanol–water partition coefficient (Wildman–Crippen LogP) is 2.02. The Balaban J connectivity index is 1.53. The number of aromatic nitrogens is 2. The van der Waals surface area contributed by atoms with E-state index >= 15 is 0 Å². The topological polar surface area (TPSA) is 87.5 Å². The summed E-state index contributed by atoms with van der Waals surface area (Å²) in [4.78, 5) is 12.6. The third kappa shape index (κ3) is 3.56. The van der Waals surface area contributed by atoms with E-state index in [1.165, 1.54) is 16.4 Å². The molecule has 0 saturated heterocycles. The fourth-order valence-corrected chi connectivity index (χ4v) is 5.41. The predicted molar refractivity (Wildman–Crippen MR) is 103 cm³/mol. The Hall–Kier alpha value is -1.90. The zero-order chi connectivity index (χ0) is 19.9. The standard InChI is InChI=1S/C19H21ClN2O5S/c1-26-14-9-22-19(27-10-14)18(8-21-22)28(24,25)11-13(23)7-16-15-4-2-3-12(15)5-6-17(16)20/h5-6,8,14H,2-4,7,9-11H2,1H3. The molecule has 4 rings (SSSR count). The van der Waals surface area contributed by atoms with Crippen molar-refractivity contribution in [2.75, 3.05) is 19.5 Å². The quantitative estimate of drug-likeness (QED) is 0.705. The Bertz CT molecular complexity index is 1030. The molecular weight excluding hydrogens is 404 g/mol. The number of ether oxygens (including phenoxy) is 2. The third-order valence-corrected chi connectivity index (χ3v) is 7.29. The van der Waals surface area contributed by atoms with Gasteiger partial charge in [-0.15, -0.1) is 0 Å². The number of methoxy groups -OCH3 is 1. The minimum Gasteiger partial charge on any atom is -0.474 e. The molecule has 1 aromatic heterocycles. The van der Waals surface area contributed by atoms with Crippen molar-refractivity contribution in [2.24, 2.45) is 0 Å². The largest absolute Gasteiger partial charge is 0.474 e. The van der Waals surface area contributed by atoms with Crippen molar-refractivity contribution in [3.8, 4) is 5.88 Å². The molecule has 1 aliphatic heterocycles. The van der Waals surface area contributed by atoms with Crippen LogP contribution in [0, 0.1) is 0 Å². The molecule has 0 spiro atoms. The maximum atomic E-state index is 12.8. The van der Waals surface area contributed by atoms with Gasteiger partial charge in [0.15, 0.2) is 15.6 Å². The number of rotatable bonds is 6. The van der Waals surface area contributed by atoms with Gasteiger partial charge in [0.25, 0.3) is 0 Å². The number of hydrogen-bond donors (Lipinski definition) is 0. The van der Waals surface area contributed by atoms with E-state index in [-0.39, 0.29) is 29.9 Å². The fourth-order valence-electron chi connectivity index (χ4n) is 3.85. The molecule has 0 amide bonds. The van der Waals surface area contributed by atoms with Gasteiger partial charge >= 0.3 is 0 Å². The van der Waals surface area contributed by atoms with Gasteiger partial charge in [-0.05, 0) is 42.0 Å². The Labute approximate surface area is 168 Å². The number of ketones is 1. The van der Waals surface area contributed by atoms with Crippen LogP contribution in [-0.4, -0.2) is 49.6 Å². The van der Waals surface area contributed by atoms with Crippen LogP contribution >= 0.6 is 11.6 Å². The highest BCUT2D eigenvalue weighted by Crippen LogP contribution is 2.32. The number of halogens is 1. The lowest BCUT2D eigenvalue weighted by molar-refractivity contribution is -0.116. The van der Waals surface area contributed by atoms with Crippen LogP contribution in [0.15, 0.2) is 23.2 Å². The van der Waals surface area contributed by atoms with Gasteiger partial charge in [0.05, 0.1) is 12.7 Å². The highest BCUT2D eigenvalue weighted by molar-refractivity contribution is 7.92. The molecule has 1 unspecified atom stereocenters. The van der Waals surface area contributed by atoms with Gasteiger partial charge < -0.3 is 9.47 Å². The number of carbonyl (C=O) groups is 1. The van der Waals surface area contributed by atoms with E-state index < -0.39 is 21.4 Å². The molecule has 0 saturated carbocycles. The summed E-state index contributed by atoms with van der Waals surface area (Å²) in [6, 6.07) is 3.77. The molecule has 1 atom stereocenters. The highest BCUT2D eigenvalue weighted by atomic mass is 35.5. The molecule has 2 aliphatic rings. The van der Waals surface area contributed by atoms with Crippen LogP contribution in [0.3, 0.4) is 0 Å². The van der Waals surface area contributed by atoms with Crippen molar-refractivity contribution in [3.05, 3.63) is 40.0 Å². The van der Waals surface area contributed by atoms with Gasteiger partial charge in [0, 0.05) is 18.6 Å². The van der Waals surface area contributed by atoms with Gasteiger partial charge in [0.1, 0.15) is 23.4 Å². The Morgan fingerprint density at radius 3 is 3.00 bits per heavy atom. The molecule has 1 aliphatic carbocycles. The first-order chi connectivity index (χ1) is 13.4. The van der Waals surface area contributed by atoms with Crippen molar-refractivity contribution >= 4 is 27.2 Å². The van der Waals surface area contributed by atoms with Crippen molar-refractivity contribution in [1.29, 1.82) is 0 Å². The maximum absolute atomic E-state index is 12.8. The minimum atomic E-state index is -3.87. The first-order valence-electron chi connectivity index (χ1n) is 9.14. The highest BCUT2D eigenvalue weighted by Gasteiger charge is 2.31. The van der Waals surface area contributed by atoms with Gasteiger partial charge in [-0.2, -0.15) is 5.10 Å². The summed E-state index contributed by atoms with van der Waals surface area (Å²) in [5.74, 6) is -0.838. The number of carbonyl (C=O) groups excluding carboxylic acids is 1. The molecule has 9 heteroatoms. The summed E-state index contributed by atoms with van der Waals surface area (Å²) in [6.45, 7) is 0.644. The number of aryl methyl sites for hydroxylation is 1. The van der Waals surface area contributed by atoms with Crippen molar-refractivity contribution in [3.63, 3.8) is 0 Å². The zero-order valence-corrected chi connectivity index (χ0v) is 17.1. The van der Waals surface area contributed by atoms with Crippen LogP contribution in [0.25, 0.3) is 0 Å². The van der Waals surface area contributed by atoms with Crippen molar-refractivity contribution < 1.29 is 22.7 Å². The molecule has 150 valence electrons. The van der Waals surface area contributed by atoms with E-state index in [1.54, 1.807) is 13.2 Å². The van der Waals surface area contributed by atoms with Crippen LogP contribution in [0.2, 0.25) is 5.02 Å². The average Bonchev–Trinajstić information content (AvgIpc) is 3.30. The smallest absolute Gasteiger partial charge is 0.231 e. The molecule has 28 heavy (non-hydrogen) atoms. The molecule has 0 fully saturated rings. The molecule has 0 radical (unpaired) electrons. The van der Waals surface area contributed by atoms with E-state index in [0.717, 1.165) is 30.4 Å². The van der Waals surface area contributed by atoms with E-state index in [1.807, 2.05) is 6.07 Å². The van der Waals surface area contributed by atoms with Crippen LogP contribution in [0.1, 0.15) is 23.1 Å². The second kappa shape index (κ2) is 7.50. The summed E-state index contributed by atoms with van der Waals surface area (Å²) in [6.07, 6.45) is 3.93. The number of Topliss-reactive ketones (excluding diaryl/α,β-unsaturated/α-hetero) is 1. The summed E-state index contributed by atoms with van der Waals surface area (Å²) in [5, 5.41) is 4.59. The normalized spacial score (nSPS) is 18.4. The average molecular weight is 425 g/mol. The molecule has 2 aromatic rings. The van der Waals surface area contributed by atoms with Crippen molar-refractivity contribution in [1.82, 2.24) is 9.78 Å². The lowest BCUT2D eigenvalue weighted by atomic mass is 9.99. The number of nitrogens with zero attached hydrogens (tertiary/aromatic N) is 2. The number of benzene rings is 1. The first kappa shape index (κ1) is 19.4. The second-order valence-corrected chi connectivity index (χ2v) is 9.52. The lowest BCUT2D eigenvalue weighted by Crippen LogP contribution is -2.32. The fraction of sp³-hybridized carbons (Fsp3) is 0.474. The number of sulfone groups is 1. The summed E-state index contributed by atoms with van der Waals surface area (Å²) < 4.78 is 37.8. The number of hydrogen-bond acceptors (Lipinski definition) is 6. The van der Waals surface area contributed by atoms with Crippen LogP contribution in [-0.2, 0) is 45.2 Å². The van der Waals surface area contributed by atoms with Gasteiger partial charge in [-0.1, -0.05) is 17.7 Å². The van der Waals surface area contributed by atoms with Gasteiger partial charge in [0.2, 0.25) is 5.88 Å². The third-order valence-electron chi connectivity index (χ3n) is 5.28. The van der Waals surface area contributed by atoms with E-state index in [4.69, 9.17) is 21.1 Å². The summed E-state index contributed by atoms with van der Waals surface area (Å²) in [7, 11) is -2.31. The Morgan fingerprint density at radius 1 is 1.39 bits per heavy atom. The molecule has 0 N–H and O–H groups in total. The molecule has 0 bridgehead atoms. The van der Waals surface area contributed by atoms with Gasteiger partial charge in [-0.3, -0.25) is 4.79 Å². The van der Waals surface area contributed by atoms with E-state index in [9.17, 15) is 13.2 Å². The minimum absolute atomic E-state index is 0.0112. The Morgan fingerprint density at radius 2 is 2.21 bits per heavy atom. The summed E-state index contributed by atoms with van der Waals surface area (Å²) in [5.41, 5.74) is 3.05. The molecular formula is C19H21ClN2O5S. The van der Waals surface area contributed by atoms with E-state index in [0.29, 0.717) is 11.6 Å². The zero-order valence-electron chi connectivity index (χ0n) is 15.5. The SMILES string of the molecule is COC1COc2c(S(=O)(=O)CC(=O)Cc3c(Cl)ccc4c3CCC4)cnn2C1. The van der Waals surface area contributed by atoms with E-state index in [2.05, 4.69) is 5.10 Å². The van der Waals surface area contributed by atoms with Crippen LogP contribution in [0.5, 0.6) is 5.88 Å². The number of fused-ring (bicyclic) bond motifs is 2. The maximum Gasteiger partial charge on any atom is 0.231 e. The summed E-state index contributed by atoms with van der Waals surface area (Å²) >= 11 is 6.30. The monoisotopic (exact) mass is 424 g/mol. The lowest BCUT2D eigenvalue weighted by Gasteiger charge is -2.23. The first-order valence-corrected chi connectivity index (χ1v) is 11.2.